The van der Waals surface area contributed by atoms with Gasteiger partial charge in [-0.2, -0.15) is 0 Å². The van der Waals surface area contributed by atoms with E-state index in [0.29, 0.717) is 31.1 Å². The quantitative estimate of drug-likeness (QED) is 0.148. The first-order chi connectivity index (χ1) is 15.8. The predicted octanol–water partition coefficient (Wildman–Crippen LogP) is -0.818. The highest BCUT2D eigenvalue weighted by Crippen LogP contribution is 2.22. The highest BCUT2D eigenvalue weighted by molar-refractivity contribution is 6.01. The number of hydrogen-bond acceptors (Lipinski definition) is 11. The second kappa shape index (κ2) is 16.9. The number of nitrogens with zero attached hydrogens (tertiary/aromatic N) is 1. The molecule has 0 aromatic carbocycles. The fourth-order valence-electron chi connectivity index (χ4n) is 2.86. The molecule has 2 amide bonds. The Morgan fingerprint density at radius 3 is 1.88 bits per heavy atom. The summed E-state index contributed by atoms with van der Waals surface area (Å²) in [7, 11) is 0. The van der Waals surface area contributed by atoms with E-state index < -0.39 is 29.3 Å². The Bertz CT molecular complexity index is 557. The van der Waals surface area contributed by atoms with Gasteiger partial charge in [-0.05, 0) is 19.8 Å². The molecule has 1 atom stereocenters. The largest absolute Gasteiger partial charge is 0.396 e. The Labute approximate surface area is 193 Å². The van der Waals surface area contributed by atoms with Crippen LogP contribution in [-0.2, 0) is 38.2 Å². The first kappa shape index (κ1) is 29.4. The van der Waals surface area contributed by atoms with Crippen molar-refractivity contribution in [3.8, 4) is 0 Å². The van der Waals surface area contributed by atoms with E-state index in [1.807, 2.05) is 0 Å². The van der Waals surface area contributed by atoms with Crippen molar-refractivity contribution >= 4 is 17.8 Å². The van der Waals surface area contributed by atoms with Gasteiger partial charge in [0, 0.05) is 39.3 Å². The van der Waals surface area contributed by atoms with Crippen molar-refractivity contribution in [2.24, 2.45) is 5.41 Å². The highest BCUT2D eigenvalue weighted by Gasteiger charge is 2.34. The lowest BCUT2D eigenvalue weighted by molar-refractivity contribution is -0.198. The van der Waals surface area contributed by atoms with Gasteiger partial charge in [-0.15, -0.1) is 5.06 Å². The molecule has 0 aromatic rings. The van der Waals surface area contributed by atoms with Crippen LogP contribution in [0, 0.1) is 5.41 Å². The molecule has 12 heteroatoms. The van der Waals surface area contributed by atoms with Crippen LogP contribution in [0.3, 0.4) is 0 Å². The molecule has 1 fully saturated rings. The number of aliphatic hydroxyl groups excluding tert-OH is 3. The number of ether oxygens (including phenoxy) is 4. The zero-order valence-corrected chi connectivity index (χ0v) is 19.2. The zero-order valence-electron chi connectivity index (χ0n) is 19.2. The van der Waals surface area contributed by atoms with Crippen LogP contribution in [-0.4, -0.2) is 110 Å². The Morgan fingerprint density at radius 2 is 1.39 bits per heavy atom. The normalized spacial score (nSPS) is 15.3. The van der Waals surface area contributed by atoms with E-state index in [2.05, 4.69) is 0 Å². The lowest BCUT2D eigenvalue weighted by Gasteiger charge is -2.33. The topological polar surface area (TPSA) is 161 Å². The van der Waals surface area contributed by atoms with Crippen molar-refractivity contribution in [3.63, 3.8) is 0 Å². The second-order valence-corrected chi connectivity index (χ2v) is 7.97. The van der Waals surface area contributed by atoms with Crippen LogP contribution < -0.4 is 0 Å². The van der Waals surface area contributed by atoms with E-state index in [1.54, 1.807) is 6.92 Å². The third-order valence-corrected chi connectivity index (χ3v) is 4.54. The second-order valence-electron chi connectivity index (χ2n) is 7.97. The molecule has 1 unspecified atom stereocenters. The summed E-state index contributed by atoms with van der Waals surface area (Å²) in [5.41, 5.74) is -0.773. The molecule has 33 heavy (non-hydrogen) atoms. The minimum absolute atomic E-state index is 0.0147. The van der Waals surface area contributed by atoms with Crippen LogP contribution in [0.4, 0.5) is 0 Å². The van der Waals surface area contributed by atoms with Gasteiger partial charge in [0.05, 0.1) is 57.6 Å². The minimum Gasteiger partial charge on any atom is -0.396 e. The van der Waals surface area contributed by atoms with E-state index in [4.69, 9.17) is 34.0 Å². The maximum atomic E-state index is 12.0. The summed E-state index contributed by atoms with van der Waals surface area (Å²) in [6, 6.07) is 0. The fourth-order valence-corrected chi connectivity index (χ4v) is 2.86. The van der Waals surface area contributed by atoms with Gasteiger partial charge in [-0.1, -0.05) is 0 Å². The molecule has 0 saturated carbocycles. The molecule has 3 N–H and O–H groups in total. The Hall–Kier alpha value is -1.67. The van der Waals surface area contributed by atoms with E-state index >= 15 is 0 Å². The highest BCUT2D eigenvalue weighted by atomic mass is 16.7. The van der Waals surface area contributed by atoms with Crippen molar-refractivity contribution in [2.75, 3.05) is 66.1 Å². The van der Waals surface area contributed by atoms with Gasteiger partial charge in [0.1, 0.15) is 0 Å². The lowest BCUT2D eigenvalue weighted by Crippen LogP contribution is -2.42. The van der Waals surface area contributed by atoms with Crippen LogP contribution in [0.1, 0.15) is 39.0 Å². The van der Waals surface area contributed by atoms with Gasteiger partial charge in [-0.25, -0.2) is 4.79 Å². The van der Waals surface area contributed by atoms with Crippen molar-refractivity contribution in [1.29, 1.82) is 0 Å². The minimum atomic E-state index is -0.773. The average Bonchev–Trinajstić information content (AvgIpc) is 3.09. The van der Waals surface area contributed by atoms with Crippen molar-refractivity contribution in [2.45, 2.75) is 45.1 Å². The summed E-state index contributed by atoms with van der Waals surface area (Å²) in [6.45, 7) is 2.82. The van der Waals surface area contributed by atoms with Crippen LogP contribution in [0.25, 0.3) is 0 Å². The number of carbonyl (C=O) groups is 3. The molecule has 0 bridgehead atoms. The number of hydroxylamine groups is 2. The Morgan fingerprint density at radius 1 is 0.909 bits per heavy atom. The molecule has 1 rings (SSSR count). The smallest absolute Gasteiger partial charge is 0.335 e. The molecule has 192 valence electrons. The van der Waals surface area contributed by atoms with Gasteiger partial charge < -0.3 is 39.1 Å². The van der Waals surface area contributed by atoms with Crippen molar-refractivity contribution in [1.82, 2.24) is 5.06 Å². The van der Waals surface area contributed by atoms with Gasteiger partial charge in [0.2, 0.25) is 0 Å². The summed E-state index contributed by atoms with van der Waals surface area (Å²) < 4.78 is 22.6. The fraction of sp³-hybridized carbons (Fsp3) is 0.857. The number of amides is 2. The molecule has 0 aromatic heterocycles. The maximum Gasteiger partial charge on any atom is 0.335 e. The van der Waals surface area contributed by atoms with Crippen LogP contribution in [0.2, 0.25) is 0 Å². The number of aliphatic hydroxyl groups is 3. The molecule has 1 saturated heterocycles. The molecule has 1 aliphatic rings. The van der Waals surface area contributed by atoms with Gasteiger partial charge in [0.25, 0.3) is 11.8 Å². The zero-order chi connectivity index (χ0) is 24.5. The standard InChI is InChI=1S/C21H37NO11/c1-17(25)12-32-16-21(13-29-9-2-7-23,14-30-10-3-8-24)15-31-11-6-20(28)33-22-18(26)4-5-19(22)27/h17,23-25H,2-16H2,1H3. The van der Waals surface area contributed by atoms with Crippen molar-refractivity contribution < 1.29 is 53.5 Å². The SMILES string of the molecule is CC(O)COCC(COCCCO)(COCCCO)COCCC(=O)ON1C(=O)CCC1=O. The monoisotopic (exact) mass is 479 g/mol. The third-order valence-electron chi connectivity index (χ3n) is 4.54. The number of rotatable bonds is 20. The first-order valence-electron chi connectivity index (χ1n) is 11.1. The summed E-state index contributed by atoms with van der Waals surface area (Å²) in [6.07, 6.45) is 0.0972. The van der Waals surface area contributed by atoms with Gasteiger partial charge in [0.15, 0.2) is 0 Å². The molecule has 1 heterocycles. The average molecular weight is 480 g/mol. The van der Waals surface area contributed by atoms with Gasteiger partial charge in [-0.3, -0.25) is 9.59 Å². The summed E-state index contributed by atoms with van der Waals surface area (Å²) in [4.78, 5) is 39.8. The van der Waals surface area contributed by atoms with Crippen LogP contribution >= 0.6 is 0 Å². The van der Waals surface area contributed by atoms with E-state index in [1.165, 1.54) is 0 Å². The third kappa shape index (κ3) is 12.4. The maximum absolute atomic E-state index is 12.0. The molecular weight excluding hydrogens is 442 g/mol. The Balaban J connectivity index is 2.62. The number of hydrogen-bond donors (Lipinski definition) is 3. The van der Waals surface area contributed by atoms with E-state index in [9.17, 15) is 19.5 Å². The summed E-state index contributed by atoms with van der Waals surface area (Å²) in [5, 5.41) is 27.9. The molecule has 12 nitrogen and oxygen atoms in total. The molecule has 0 radical (unpaired) electrons. The Kier molecular flexibility index (Phi) is 15.0. The molecule has 1 aliphatic heterocycles. The van der Waals surface area contributed by atoms with Crippen LogP contribution in [0.15, 0.2) is 0 Å². The van der Waals surface area contributed by atoms with Crippen LogP contribution in [0.5, 0.6) is 0 Å². The molecule has 0 spiro atoms. The number of imide groups is 1. The predicted molar refractivity (Wildman–Crippen MR) is 113 cm³/mol. The molecular formula is C21H37NO11. The van der Waals surface area contributed by atoms with E-state index in [0.717, 1.165) is 0 Å². The van der Waals surface area contributed by atoms with Gasteiger partial charge >= 0.3 is 5.97 Å². The first-order valence-corrected chi connectivity index (χ1v) is 11.1. The van der Waals surface area contributed by atoms with E-state index in [-0.39, 0.29) is 72.1 Å². The number of carbonyl (C=O) groups excluding carboxylic acids is 3. The lowest BCUT2D eigenvalue weighted by atomic mass is 9.92. The summed E-state index contributed by atoms with van der Waals surface area (Å²) in [5.74, 6) is -1.87. The molecule has 0 aliphatic carbocycles. The summed E-state index contributed by atoms with van der Waals surface area (Å²) >= 11 is 0. The van der Waals surface area contributed by atoms with Crippen molar-refractivity contribution in [3.05, 3.63) is 0 Å².